The zero-order valence-electron chi connectivity index (χ0n) is 16.9. The Bertz CT molecular complexity index is 1070. The van der Waals surface area contributed by atoms with Crippen LogP contribution in [0.3, 0.4) is 0 Å². The number of carbonyl (C=O) groups is 1. The molecule has 0 aliphatic heterocycles. The maximum absolute atomic E-state index is 13.3. The van der Waals surface area contributed by atoms with Crippen LogP contribution in [0, 0.1) is 0 Å². The normalized spacial score (nSPS) is 14.5. The molecule has 1 aliphatic carbocycles. The summed E-state index contributed by atoms with van der Waals surface area (Å²) in [6.45, 7) is 3.10. The molecule has 0 atom stereocenters. The maximum atomic E-state index is 13.3. The van der Waals surface area contributed by atoms with Gasteiger partial charge >= 0.3 is 0 Å². The molecule has 1 heterocycles. The number of carbonyl (C=O) groups excluding carboxylic acids is 1. The predicted molar refractivity (Wildman–Crippen MR) is 124 cm³/mol. The number of fused-ring (bicyclic) bond motifs is 1. The summed E-state index contributed by atoms with van der Waals surface area (Å²) in [4.78, 5) is 20.0. The maximum Gasteiger partial charge on any atom is 0.255 e. The topological polar surface area (TPSA) is 38.1 Å². The van der Waals surface area contributed by atoms with E-state index in [4.69, 9.17) is 39.8 Å². The molecule has 30 heavy (non-hydrogen) atoms. The van der Waals surface area contributed by atoms with Gasteiger partial charge in [-0.1, -0.05) is 54.6 Å². The lowest BCUT2D eigenvalue weighted by Gasteiger charge is -2.24. The van der Waals surface area contributed by atoms with Gasteiger partial charge in [-0.05, 0) is 55.7 Å². The number of hydrogen-bond donors (Lipinski definition) is 0. The first kappa shape index (κ1) is 21.5. The van der Waals surface area contributed by atoms with Crippen molar-refractivity contribution in [1.82, 2.24) is 14.5 Å². The highest BCUT2D eigenvalue weighted by molar-refractivity contribution is 6.36. The SMILES string of the molecule is CCCN(Cc1nc2ccc(Cl)cc2n1C1CCCC1)C(=O)c1ccc(Cl)cc1Cl. The number of nitrogens with zero attached hydrogens (tertiary/aromatic N) is 3. The molecule has 1 aromatic heterocycles. The molecule has 1 aliphatic rings. The summed E-state index contributed by atoms with van der Waals surface area (Å²) in [5.41, 5.74) is 2.41. The van der Waals surface area contributed by atoms with E-state index in [0.717, 1.165) is 36.1 Å². The van der Waals surface area contributed by atoms with Crippen LogP contribution in [-0.4, -0.2) is 26.9 Å². The molecular weight excluding hydrogens is 441 g/mol. The fraction of sp³-hybridized carbons (Fsp3) is 0.391. The lowest BCUT2D eigenvalue weighted by atomic mass is 10.2. The van der Waals surface area contributed by atoms with Gasteiger partial charge in [-0.3, -0.25) is 4.79 Å². The average Bonchev–Trinajstić information content (AvgIpc) is 3.34. The van der Waals surface area contributed by atoms with E-state index in [2.05, 4.69) is 11.5 Å². The number of imidazole rings is 1. The van der Waals surface area contributed by atoms with Crippen LogP contribution in [0.2, 0.25) is 15.1 Å². The van der Waals surface area contributed by atoms with Crippen molar-refractivity contribution >= 4 is 51.7 Å². The van der Waals surface area contributed by atoms with Crippen molar-refractivity contribution in [2.45, 2.75) is 51.6 Å². The summed E-state index contributed by atoms with van der Waals surface area (Å²) in [5.74, 6) is 0.785. The Morgan fingerprint density at radius 1 is 1.10 bits per heavy atom. The van der Waals surface area contributed by atoms with Gasteiger partial charge < -0.3 is 9.47 Å². The Morgan fingerprint density at radius 2 is 1.80 bits per heavy atom. The van der Waals surface area contributed by atoms with Crippen molar-refractivity contribution in [2.75, 3.05) is 6.54 Å². The molecule has 0 spiro atoms. The summed E-state index contributed by atoms with van der Waals surface area (Å²) < 4.78 is 2.30. The van der Waals surface area contributed by atoms with Crippen LogP contribution in [-0.2, 0) is 6.54 Å². The first-order chi connectivity index (χ1) is 14.5. The van der Waals surface area contributed by atoms with E-state index in [9.17, 15) is 4.79 Å². The molecule has 0 N–H and O–H groups in total. The van der Waals surface area contributed by atoms with Gasteiger partial charge in [0.15, 0.2) is 0 Å². The zero-order valence-corrected chi connectivity index (χ0v) is 19.1. The van der Waals surface area contributed by atoms with Crippen LogP contribution in [0.1, 0.15) is 61.3 Å². The molecule has 4 rings (SSSR count). The Balaban J connectivity index is 1.73. The summed E-state index contributed by atoms with van der Waals surface area (Å²) in [5, 5.41) is 1.57. The van der Waals surface area contributed by atoms with Crippen LogP contribution in [0.25, 0.3) is 11.0 Å². The molecule has 1 amide bonds. The first-order valence-electron chi connectivity index (χ1n) is 10.4. The van der Waals surface area contributed by atoms with Gasteiger partial charge in [-0.15, -0.1) is 0 Å². The quantitative estimate of drug-likeness (QED) is 0.388. The summed E-state index contributed by atoms with van der Waals surface area (Å²) in [7, 11) is 0. The van der Waals surface area contributed by atoms with Gasteiger partial charge in [0.25, 0.3) is 5.91 Å². The smallest absolute Gasteiger partial charge is 0.255 e. The number of rotatable bonds is 6. The second-order valence-corrected chi connectivity index (χ2v) is 9.10. The number of benzene rings is 2. The fourth-order valence-electron chi connectivity index (χ4n) is 4.32. The lowest BCUT2D eigenvalue weighted by molar-refractivity contribution is 0.0736. The fourth-order valence-corrected chi connectivity index (χ4v) is 4.98. The third-order valence-corrected chi connectivity index (χ3v) is 6.47. The van der Waals surface area contributed by atoms with Crippen LogP contribution < -0.4 is 0 Å². The Hall–Kier alpha value is -1.75. The highest BCUT2D eigenvalue weighted by Crippen LogP contribution is 2.35. The minimum atomic E-state index is -0.110. The minimum absolute atomic E-state index is 0.110. The van der Waals surface area contributed by atoms with Crippen molar-refractivity contribution < 1.29 is 4.79 Å². The van der Waals surface area contributed by atoms with Gasteiger partial charge in [-0.2, -0.15) is 0 Å². The minimum Gasteiger partial charge on any atom is -0.331 e. The van der Waals surface area contributed by atoms with E-state index < -0.39 is 0 Å². The summed E-state index contributed by atoms with van der Waals surface area (Å²) in [6, 6.07) is 11.2. The molecule has 0 radical (unpaired) electrons. The van der Waals surface area contributed by atoms with E-state index in [0.29, 0.717) is 39.8 Å². The molecule has 0 bridgehead atoms. The lowest BCUT2D eigenvalue weighted by Crippen LogP contribution is -2.33. The molecule has 0 unspecified atom stereocenters. The number of amides is 1. The van der Waals surface area contributed by atoms with Gasteiger partial charge in [0, 0.05) is 22.6 Å². The van der Waals surface area contributed by atoms with Crippen molar-refractivity contribution in [3.8, 4) is 0 Å². The van der Waals surface area contributed by atoms with Crippen LogP contribution in [0.15, 0.2) is 36.4 Å². The van der Waals surface area contributed by atoms with Gasteiger partial charge in [0.2, 0.25) is 0 Å². The monoisotopic (exact) mass is 463 g/mol. The van der Waals surface area contributed by atoms with Gasteiger partial charge in [0.1, 0.15) is 5.82 Å². The van der Waals surface area contributed by atoms with Gasteiger partial charge in [0.05, 0.1) is 28.2 Å². The zero-order chi connectivity index (χ0) is 21.3. The van der Waals surface area contributed by atoms with Crippen molar-refractivity contribution in [3.05, 3.63) is 62.9 Å². The van der Waals surface area contributed by atoms with E-state index in [1.807, 2.05) is 23.1 Å². The van der Waals surface area contributed by atoms with Crippen molar-refractivity contribution in [3.63, 3.8) is 0 Å². The first-order valence-corrected chi connectivity index (χ1v) is 11.5. The highest BCUT2D eigenvalue weighted by Gasteiger charge is 2.26. The third kappa shape index (κ3) is 4.32. The second-order valence-electron chi connectivity index (χ2n) is 7.82. The average molecular weight is 465 g/mol. The Kier molecular flexibility index (Phi) is 6.57. The molecule has 4 nitrogen and oxygen atoms in total. The van der Waals surface area contributed by atoms with E-state index >= 15 is 0 Å². The van der Waals surface area contributed by atoms with Crippen molar-refractivity contribution in [2.24, 2.45) is 0 Å². The second kappa shape index (κ2) is 9.17. The summed E-state index contributed by atoms with van der Waals surface area (Å²) >= 11 is 18.6. The number of hydrogen-bond acceptors (Lipinski definition) is 2. The van der Waals surface area contributed by atoms with E-state index in [-0.39, 0.29) is 5.91 Å². The standard InChI is InChI=1S/C23H24Cl3N3O/c1-2-11-28(23(30)18-9-7-15(24)12-19(18)26)14-22-27-20-10-8-16(25)13-21(20)29(22)17-5-3-4-6-17/h7-10,12-13,17H,2-6,11,14H2,1H3. The Labute approximate surface area is 191 Å². The Morgan fingerprint density at radius 3 is 2.50 bits per heavy atom. The third-order valence-electron chi connectivity index (χ3n) is 5.69. The van der Waals surface area contributed by atoms with Crippen LogP contribution in [0.5, 0.6) is 0 Å². The number of aromatic nitrogens is 2. The largest absolute Gasteiger partial charge is 0.331 e. The van der Waals surface area contributed by atoms with Crippen LogP contribution >= 0.6 is 34.8 Å². The molecule has 158 valence electrons. The molecule has 0 saturated heterocycles. The summed E-state index contributed by atoms with van der Waals surface area (Å²) in [6.07, 6.45) is 5.50. The van der Waals surface area contributed by atoms with E-state index in [1.54, 1.807) is 18.2 Å². The van der Waals surface area contributed by atoms with Crippen LogP contribution in [0.4, 0.5) is 0 Å². The molecule has 3 aromatic rings. The highest BCUT2D eigenvalue weighted by atomic mass is 35.5. The van der Waals surface area contributed by atoms with E-state index in [1.165, 1.54) is 12.8 Å². The number of halogens is 3. The molecule has 2 aromatic carbocycles. The predicted octanol–water partition coefficient (Wildman–Crippen LogP) is 7.16. The molecule has 1 fully saturated rings. The molecule has 7 heteroatoms. The molecule has 1 saturated carbocycles. The molecular formula is C23H24Cl3N3O. The van der Waals surface area contributed by atoms with Crippen molar-refractivity contribution in [1.29, 1.82) is 0 Å². The van der Waals surface area contributed by atoms with Gasteiger partial charge in [-0.25, -0.2) is 4.98 Å².